The third kappa shape index (κ3) is 2.42. The summed E-state index contributed by atoms with van der Waals surface area (Å²) in [5.41, 5.74) is 7.73. The lowest BCUT2D eigenvalue weighted by Crippen LogP contribution is -2.35. The molecule has 1 saturated carbocycles. The largest absolute Gasteiger partial charge is 0.346 e. The number of fused-ring (bicyclic) bond motifs is 1. The second-order valence-electron chi connectivity index (χ2n) is 6.68. The van der Waals surface area contributed by atoms with Crippen LogP contribution in [0.25, 0.3) is 0 Å². The van der Waals surface area contributed by atoms with Gasteiger partial charge in [-0.3, -0.25) is 0 Å². The zero-order valence-corrected chi connectivity index (χ0v) is 13.6. The second-order valence-corrected chi connectivity index (χ2v) is 7.72. The SMILES string of the molecule is NC[C@]12CCC[C@H]1CN(c1nnc(Cc3ccccc3)s1)C2. The molecule has 1 aromatic carbocycles. The molecule has 4 nitrogen and oxygen atoms in total. The van der Waals surface area contributed by atoms with E-state index >= 15 is 0 Å². The Hall–Kier alpha value is -1.46. The molecule has 0 unspecified atom stereocenters. The van der Waals surface area contributed by atoms with Crippen LogP contribution in [0.5, 0.6) is 0 Å². The van der Waals surface area contributed by atoms with E-state index in [0.717, 1.165) is 42.1 Å². The van der Waals surface area contributed by atoms with Gasteiger partial charge in [-0.1, -0.05) is 48.1 Å². The lowest BCUT2D eigenvalue weighted by molar-refractivity contribution is 0.282. The fraction of sp³-hybridized carbons (Fsp3) is 0.529. The summed E-state index contributed by atoms with van der Waals surface area (Å²) in [5, 5.41) is 11.0. The van der Waals surface area contributed by atoms with Gasteiger partial charge in [0.15, 0.2) is 0 Å². The van der Waals surface area contributed by atoms with Crippen molar-refractivity contribution in [1.82, 2.24) is 10.2 Å². The molecule has 0 spiro atoms. The van der Waals surface area contributed by atoms with Crippen molar-refractivity contribution in [3.63, 3.8) is 0 Å². The Morgan fingerprint density at radius 3 is 2.91 bits per heavy atom. The summed E-state index contributed by atoms with van der Waals surface area (Å²) in [6.07, 6.45) is 4.81. The highest BCUT2D eigenvalue weighted by molar-refractivity contribution is 7.15. The summed E-state index contributed by atoms with van der Waals surface area (Å²) < 4.78 is 0. The number of nitrogens with zero attached hydrogens (tertiary/aromatic N) is 3. The van der Waals surface area contributed by atoms with Gasteiger partial charge in [0.2, 0.25) is 5.13 Å². The Morgan fingerprint density at radius 1 is 1.27 bits per heavy atom. The highest BCUT2D eigenvalue weighted by Gasteiger charge is 2.49. The number of nitrogens with two attached hydrogens (primary N) is 1. The second kappa shape index (κ2) is 5.63. The van der Waals surface area contributed by atoms with E-state index in [0.29, 0.717) is 5.41 Å². The van der Waals surface area contributed by atoms with Gasteiger partial charge < -0.3 is 10.6 Å². The topological polar surface area (TPSA) is 55.0 Å². The van der Waals surface area contributed by atoms with E-state index < -0.39 is 0 Å². The van der Waals surface area contributed by atoms with Crippen molar-refractivity contribution in [3.05, 3.63) is 40.9 Å². The zero-order chi connectivity index (χ0) is 15.0. The smallest absolute Gasteiger partial charge is 0.208 e. The number of benzene rings is 1. The molecule has 1 aromatic heterocycles. The van der Waals surface area contributed by atoms with Crippen LogP contribution in [0.1, 0.15) is 29.8 Å². The molecule has 22 heavy (non-hydrogen) atoms. The maximum Gasteiger partial charge on any atom is 0.208 e. The third-order valence-electron chi connectivity index (χ3n) is 5.37. The van der Waals surface area contributed by atoms with Crippen LogP contribution in [-0.2, 0) is 6.42 Å². The van der Waals surface area contributed by atoms with Crippen molar-refractivity contribution in [2.75, 3.05) is 24.5 Å². The molecule has 2 N–H and O–H groups in total. The van der Waals surface area contributed by atoms with E-state index in [4.69, 9.17) is 5.73 Å². The Kier molecular flexibility index (Phi) is 3.62. The molecule has 2 fully saturated rings. The van der Waals surface area contributed by atoms with Crippen molar-refractivity contribution in [3.8, 4) is 0 Å². The van der Waals surface area contributed by atoms with E-state index in [1.54, 1.807) is 11.3 Å². The number of hydrogen-bond acceptors (Lipinski definition) is 5. The van der Waals surface area contributed by atoms with Crippen LogP contribution < -0.4 is 10.6 Å². The Morgan fingerprint density at radius 2 is 2.14 bits per heavy atom. The van der Waals surface area contributed by atoms with Crippen LogP contribution in [0, 0.1) is 11.3 Å². The molecular formula is C17H22N4S. The molecule has 1 aliphatic carbocycles. The summed E-state index contributed by atoms with van der Waals surface area (Å²) in [4.78, 5) is 2.42. The van der Waals surface area contributed by atoms with Crippen LogP contribution >= 0.6 is 11.3 Å². The lowest BCUT2D eigenvalue weighted by atomic mass is 9.81. The van der Waals surface area contributed by atoms with E-state index in [2.05, 4.69) is 39.4 Å². The van der Waals surface area contributed by atoms with Crippen molar-refractivity contribution in [2.45, 2.75) is 25.7 Å². The van der Waals surface area contributed by atoms with Gasteiger partial charge in [0.05, 0.1) is 0 Å². The Balaban J connectivity index is 1.48. The summed E-state index contributed by atoms with van der Waals surface area (Å²) in [6, 6.07) is 10.5. The van der Waals surface area contributed by atoms with Crippen molar-refractivity contribution in [2.24, 2.45) is 17.1 Å². The molecule has 0 amide bonds. The van der Waals surface area contributed by atoms with Crippen LogP contribution in [0.3, 0.4) is 0 Å². The molecule has 2 atom stereocenters. The van der Waals surface area contributed by atoms with Gasteiger partial charge >= 0.3 is 0 Å². The van der Waals surface area contributed by atoms with Gasteiger partial charge in [-0.15, -0.1) is 10.2 Å². The first-order valence-corrected chi connectivity index (χ1v) is 8.92. The average Bonchev–Trinajstić information content (AvgIpc) is 3.21. The van der Waals surface area contributed by atoms with Gasteiger partial charge in [0.1, 0.15) is 5.01 Å². The van der Waals surface area contributed by atoms with Crippen molar-refractivity contribution < 1.29 is 0 Å². The first-order chi connectivity index (χ1) is 10.8. The first kappa shape index (κ1) is 14.2. The molecule has 1 saturated heterocycles. The molecule has 4 rings (SSSR count). The van der Waals surface area contributed by atoms with Crippen molar-refractivity contribution >= 4 is 16.5 Å². The third-order valence-corrected chi connectivity index (χ3v) is 6.36. The average molecular weight is 314 g/mol. The fourth-order valence-electron chi connectivity index (χ4n) is 4.11. The van der Waals surface area contributed by atoms with E-state index in [-0.39, 0.29) is 0 Å². The standard InChI is InChI=1S/C17H22N4S/c18-11-17-8-4-7-14(17)10-21(12-17)16-20-19-15(22-16)9-13-5-2-1-3-6-13/h1-3,5-6,14H,4,7-12,18H2/t14-,17-/m0/s1. The first-order valence-electron chi connectivity index (χ1n) is 8.10. The summed E-state index contributed by atoms with van der Waals surface area (Å²) in [7, 11) is 0. The minimum absolute atomic E-state index is 0.339. The highest BCUT2D eigenvalue weighted by Crippen LogP contribution is 2.49. The van der Waals surface area contributed by atoms with Gasteiger partial charge in [-0.25, -0.2) is 0 Å². The number of aromatic nitrogens is 2. The molecule has 0 bridgehead atoms. The van der Waals surface area contributed by atoms with Crippen molar-refractivity contribution in [1.29, 1.82) is 0 Å². The highest BCUT2D eigenvalue weighted by atomic mass is 32.1. The fourth-order valence-corrected chi connectivity index (χ4v) is 4.99. The predicted molar refractivity (Wildman–Crippen MR) is 90.2 cm³/mol. The van der Waals surface area contributed by atoms with Gasteiger partial charge in [0.25, 0.3) is 0 Å². The summed E-state index contributed by atoms with van der Waals surface area (Å²) in [6.45, 7) is 2.98. The van der Waals surface area contributed by atoms with Gasteiger partial charge in [0, 0.05) is 24.9 Å². The summed E-state index contributed by atoms with van der Waals surface area (Å²) >= 11 is 1.74. The normalized spacial score (nSPS) is 27.3. The van der Waals surface area contributed by atoms with Crippen LogP contribution in [0.2, 0.25) is 0 Å². The van der Waals surface area contributed by atoms with Crippen LogP contribution in [0.15, 0.2) is 30.3 Å². The Labute approximate surface area is 135 Å². The number of hydrogen-bond donors (Lipinski definition) is 1. The summed E-state index contributed by atoms with van der Waals surface area (Å²) in [5.74, 6) is 0.749. The number of rotatable bonds is 4. The monoisotopic (exact) mass is 314 g/mol. The van der Waals surface area contributed by atoms with Crippen LogP contribution in [-0.4, -0.2) is 29.8 Å². The molecule has 0 radical (unpaired) electrons. The van der Waals surface area contributed by atoms with E-state index in [1.165, 1.54) is 24.8 Å². The minimum Gasteiger partial charge on any atom is -0.346 e. The minimum atomic E-state index is 0.339. The molecular weight excluding hydrogens is 292 g/mol. The van der Waals surface area contributed by atoms with E-state index in [1.807, 2.05) is 6.07 Å². The van der Waals surface area contributed by atoms with Gasteiger partial charge in [-0.05, 0) is 30.9 Å². The Bertz CT molecular complexity index is 641. The molecule has 2 aliphatic rings. The quantitative estimate of drug-likeness (QED) is 0.943. The predicted octanol–water partition coefficient (Wildman–Crippen LogP) is 2.69. The molecule has 116 valence electrons. The maximum atomic E-state index is 6.10. The van der Waals surface area contributed by atoms with E-state index in [9.17, 15) is 0 Å². The molecule has 2 heterocycles. The zero-order valence-electron chi connectivity index (χ0n) is 12.7. The molecule has 5 heteroatoms. The molecule has 1 aliphatic heterocycles. The molecule has 2 aromatic rings. The van der Waals surface area contributed by atoms with Crippen LogP contribution in [0.4, 0.5) is 5.13 Å². The number of anilines is 1. The lowest BCUT2D eigenvalue weighted by Gasteiger charge is -2.26. The maximum absolute atomic E-state index is 6.10. The van der Waals surface area contributed by atoms with Gasteiger partial charge in [-0.2, -0.15) is 0 Å².